The van der Waals surface area contributed by atoms with Crippen LogP contribution in [0.25, 0.3) is 22.2 Å². The fourth-order valence-electron chi connectivity index (χ4n) is 3.18. The molecule has 2 nitrogen and oxygen atoms in total. The highest BCUT2D eigenvalue weighted by Crippen LogP contribution is 2.32. The van der Waals surface area contributed by atoms with Gasteiger partial charge in [0.15, 0.2) is 0 Å². The molecular weight excluding hydrogens is 294 g/mol. The largest absolute Gasteiger partial charge is 0.497 e. The Bertz CT molecular complexity index is 952. The third kappa shape index (κ3) is 2.67. The van der Waals surface area contributed by atoms with Crippen LogP contribution in [0.2, 0.25) is 0 Å². The first-order valence-corrected chi connectivity index (χ1v) is 8.13. The van der Waals surface area contributed by atoms with Gasteiger partial charge in [-0.25, -0.2) is 0 Å². The van der Waals surface area contributed by atoms with Crippen molar-refractivity contribution in [1.82, 2.24) is 4.98 Å². The predicted molar refractivity (Wildman–Crippen MR) is 99.5 cm³/mol. The van der Waals surface area contributed by atoms with Crippen molar-refractivity contribution in [3.8, 4) is 17.0 Å². The van der Waals surface area contributed by atoms with Gasteiger partial charge in [-0.05, 0) is 34.9 Å². The van der Waals surface area contributed by atoms with Gasteiger partial charge in [0.25, 0.3) is 0 Å². The zero-order valence-corrected chi connectivity index (χ0v) is 13.6. The molecule has 0 unspecified atom stereocenters. The minimum absolute atomic E-state index is 0.887. The van der Waals surface area contributed by atoms with Crippen LogP contribution in [0.4, 0.5) is 0 Å². The zero-order valence-electron chi connectivity index (χ0n) is 13.6. The Morgan fingerprint density at radius 3 is 2.25 bits per heavy atom. The van der Waals surface area contributed by atoms with Crippen LogP contribution < -0.4 is 4.74 Å². The average Bonchev–Trinajstić information content (AvgIpc) is 3.02. The van der Waals surface area contributed by atoms with Crippen molar-refractivity contribution in [3.05, 3.63) is 90.0 Å². The molecule has 1 N–H and O–H groups in total. The molecule has 4 rings (SSSR count). The van der Waals surface area contributed by atoms with E-state index < -0.39 is 0 Å². The maximum absolute atomic E-state index is 5.26. The van der Waals surface area contributed by atoms with Gasteiger partial charge in [-0.15, -0.1) is 0 Å². The number of fused-ring (bicyclic) bond motifs is 1. The molecule has 0 saturated carbocycles. The number of rotatable bonds is 4. The Hall–Kier alpha value is -3.00. The third-order valence-corrected chi connectivity index (χ3v) is 4.42. The van der Waals surface area contributed by atoms with E-state index >= 15 is 0 Å². The maximum Gasteiger partial charge on any atom is 0.118 e. The van der Waals surface area contributed by atoms with Gasteiger partial charge in [-0.3, -0.25) is 0 Å². The molecule has 2 heteroatoms. The number of aromatic nitrogens is 1. The monoisotopic (exact) mass is 313 g/mol. The number of aromatic amines is 1. The van der Waals surface area contributed by atoms with Crippen molar-refractivity contribution in [2.24, 2.45) is 0 Å². The van der Waals surface area contributed by atoms with Crippen LogP contribution in [0.15, 0.2) is 78.9 Å². The molecule has 4 aromatic rings. The Balaban J connectivity index is 1.83. The average molecular weight is 313 g/mol. The van der Waals surface area contributed by atoms with E-state index in [1.54, 1.807) is 7.11 Å². The first kappa shape index (κ1) is 14.6. The molecule has 0 saturated heterocycles. The standard InChI is InChI=1S/C22H19NO/c1-24-18-13-11-16(12-14-18)15-20-19-9-5-6-10-21(19)23-22(20)17-7-3-2-4-8-17/h2-14,23H,15H2,1H3. The summed E-state index contributed by atoms with van der Waals surface area (Å²) in [6.07, 6.45) is 0.887. The molecule has 0 aliphatic rings. The van der Waals surface area contributed by atoms with Crippen LogP contribution in [0, 0.1) is 0 Å². The molecule has 24 heavy (non-hydrogen) atoms. The lowest BCUT2D eigenvalue weighted by molar-refractivity contribution is 0.414. The summed E-state index contributed by atoms with van der Waals surface area (Å²) in [6, 6.07) is 27.3. The van der Waals surface area contributed by atoms with Gasteiger partial charge >= 0.3 is 0 Å². The molecule has 0 aliphatic heterocycles. The lowest BCUT2D eigenvalue weighted by Gasteiger charge is -2.07. The van der Waals surface area contributed by atoms with Gasteiger partial charge in [0.05, 0.1) is 12.8 Å². The van der Waals surface area contributed by atoms with Crippen molar-refractivity contribution < 1.29 is 4.74 Å². The Kier molecular flexibility index (Phi) is 3.80. The summed E-state index contributed by atoms with van der Waals surface area (Å²) in [6.45, 7) is 0. The highest BCUT2D eigenvalue weighted by atomic mass is 16.5. The molecule has 0 amide bonds. The van der Waals surface area contributed by atoms with E-state index in [0.29, 0.717) is 0 Å². The van der Waals surface area contributed by atoms with E-state index in [1.165, 1.54) is 33.3 Å². The van der Waals surface area contributed by atoms with Crippen LogP contribution in [-0.2, 0) is 6.42 Å². The van der Waals surface area contributed by atoms with E-state index in [0.717, 1.165) is 12.2 Å². The number of methoxy groups -OCH3 is 1. The normalized spacial score (nSPS) is 10.9. The van der Waals surface area contributed by atoms with Gasteiger partial charge in [0.1, 0.15) is 5.75 Å². The Morgan fingerprint density at radius 2 is 1.50 bits per heavy atom. The van der Waals surface area contributed by atoms with Crippen molar-refractivity contribution in [1.29, 1.82) is 0 Å². The molecule has 0 atom stereocenters. The molecule has 3 aromatic carbocycles. The molecule has 1 aromatic heterocycles. The Labute approximate surface area is 141 Å². The summed E-state index contributed by atoms with van der Waals surface area (Å²) in [5, 5.41) is 1.28. The molecule has 0 radical (unpaired) electrons. The topological polar surface area (TPSA) is 25.0 Å². The quantitative estimate of drug-likeness (QED) is 0.533. The van der Waals surface area contributed by atoms with Crippen molar-refractivity contribution >= 4 is 10.9 Å². The molecule has 0 spiro atoms. The zero-order chi connectivity index (χ0) is 16.4. The second kappa shape index (κ2) is 6.25. The maximum atomic E-state index is 5.26. The van der Waals surface area contributed by atoms with Gasteiger partial charge in [0, 0.05) is 17.3 Å². The van der Waals surface area contributed by atoms with Crippen molar-refractivity contribution in [2.75, 3.05) is 7.11 Å². The molecule has 0 bridgehead atoms. The van der Waals surface area contributed by atoms with Gasteiger partial charge < -0.3 is 9.72 Å². The highest BCUT2D eigenvalue weighted by molar-refractivity contribution is 5.91. The van der Waals surface area contributed by atoms with Gasteiger partial charge in [-0.1, -0.05) is 60.7 Å². The number of ether oxygens (including phenoxy) is 1. The number of benzene rings is 3. The summed E-state index contributed by atoms with van der Waals surface area (Å²) in [5.74, 6) is 0.890. The molecule has 1 heterocycles. The summed E-state index contributed by atoms with van der Waals surface area (Å²) in [7, 11) is 1.70. The number of H-pyrrole nitrogens is 1. The van der Waals surface area contributed by atoms with Gasteiger partial charge in [-0.2, -0.15) is 0 Å². The number of nitrogens with one attached hydrogen (secondary N) is 1. The lowest BCUT2D eigenvalue weighted by atomic mass is 9.98. The van der Waals surface area contributed by atoms with Crippen molar-refractivity contribution in [3.63, 3.8) is 0 Å². The minimum atomic E-state index is 0.887. The second-order valence-corrected chi connectivity index (χ2v) is 5.92. The number of para-hydroxylation sites is 1. The predicted octanol–water partition coefficient (Wildman–Crippen LogP) is 5.43. The third-order valence-electron chi connectivity index (χ3n) is 4.42. The summed E-state index contributed by atoms with van der Waals surface area (Å²) < 4.78 is 5.26. The number of hydrogen-bond acceptors (Lipinski definition) is 1. The van der Waals surface area contributed by atoms with E-state index in [4.69, 9.17) is 4.74 Å². The van der Waals surface area contributed by atoms with E-state index in [1.807, 2.05) is 12.1 Å². The summed E-state index contributed by atoms with van der Waals surface area (Å²) in [4.78, 5) is 3.60. The van der Waals surface area contributed by atoms with Crippen LogP contribution in [0.1, 0.15) is 11.1 Å². The first-order chi connectivity index (χ1) is 11.8. The highest BCUT2D eigenvalue weighted by Gasteiger charge is 2.13. The lowest BCUT2D eigenvalue weighted by Crippen LogP contribution is -1.91. The van der Waals surface area contributed by atoms with Gasteiger partial charge in [0.2, 0.25) is 0 Å². The van der Waals surface area contributed by atoms with Crippen LogP contribution in [0.5, 0.6) is 5.75 Å². The SMILES string of the molecule is COc1ccc(Cc2c(-c3ccccc3)[nH]c3ccccc23)cc1. The van der Waals surface area contributed by atoms with E-state index in [-0.39, 0.29) is 0 Å². The summed E-state index contributed by atoms with van der Waals surface area (Å²) in [5.41, 5.74) is 6.21. The minimum Gasteiger partial charge on any atom is -0.497 e. The van der Waals surface area contributed by atoms with Crippen LogP contribution in [-0.4, -0.2) is 12.1 Å². The first-order valence-electron chi connectivity index (χ1n) is 8.13. The van der Waals surface area contributed by atoms with E-state index in [9.17, 15) is 0 Å². The fraction of sp³-hybridized carbons (Fsp3) is 0.0909. The Morgan fingerprint density at radius 1 is 0.792 bits per heavy atom. The number of hydrogen-bond donors (Lipinski definition) is 1. The molecule has 0 aliphatic carbocycles. The smallest absolute Gasteiger partial charge is 0.118 e. The summed E-state index contributed by atoms with van der Waals surface area (Å²) >= 11 is 0. The van der Waals surface area contributed by atoms with Crippen LogP contribution >= 0.6 is 0 Å². The molecular formula is C22H19NO. The molecule has 0 fully saturated rings. The second-order valence-electron chi connectivity index (χ2n) is 5.92. The molecule has 118 valence electrons. The van der Waals surface area contributed by atoms with Crippen LogP contribution in [0.3, 0.4) is 0 Å². The van der Waals surface area contributed by atoms with E-state index in [2.05, 4.69) is 71.7 Å². The fourth-order valence-corrected chi connectivity index (χ4v) is 3.18. The van der Waals surface area contributed by atoms with Crippen molar-refractivity contribution in [2.45, 2.75) is 6.42 Å².